The summed E-state index contributed by atoms with van der Waals surface area (Å²) in [4.78, 5) is 14.4. The van der Waals surface area contributed by atoms with Gasteiger partial charge in [0, 0.05) is 19.6 Å². The molecular formula is C15H22N2O3. The Labute approximate surface area is 119 Å². The van der Waals surface area contributed by atoms with E-state index in [1.807, 2.05) is 30.3 Å². The van der Waals surface area contributed by atoms with Gasteiger partial charge in [-0.25, -0.2) is 4.79 Å². The minimum Gasteiger partial charge on any atom is -0.467 e. The van der Waals surface area contributed by atoms with Crippen LogP contribution in [-0.4, -0.2) is 50.8 Å². The lowest BCUT2D eigenvalue weighted by Gasteiger charge is -2.32. The highest BCUT2D eigenvalue weighted by Crippen LogP contribution is 2.24. The number of esters is 1. The minimum absolute atomic E-state index is 0.392. The number of carbonyl (C=O) groups is 1. The number of morpholine rings is 1. The minimum atomic E-state index is -1.09. The number of nitrogens with two attached hydrogens (primary N) is 1. The Morgan fingerprint density at radius 1 is 1.35 bits per heavy atom. The van der Waals surface area contributed by atoms with Crippen LogP contribution < -0.4 is 5.73 Å². The van der Waals surface area contributed by atoms with E-state index in [1.165, 1.54) is 7.11 Å². The topological polar surface area (TPSA) is 64.8 Å². The Morgan fingerprint density at radius 3 is 2.60 bits per heavy atom. The molecule has 1 fully saturated rings. The summed E-state index contributed by atoms with van der Waals surface area (Å²) in [5.74, 6) is -0.392. The molecule has 0 bridgehead atoms. The van der Waals surface area contributed by atoms with Crippen molar-refractivity contribution >= 4 is 5.97 Å². The molecule has 0 radical (unpaired) electrons. The Hall–Kier alpha value is -1.43. The molecule has 1 aromatic rings. The lowest BCUT2D eigenvalue weighted by Crippen LogP contribution is -2.49. The first-order valence-corrected chi connectivity index (χ1v) is 6.90. The molecule has 1 atom stereocenters. The van der Waals surface area contributed by atoms with E-state index in [0.29, 0.717) is 6.42 Å². The Kier molecular flexibility index (Phi) is 5.11. The van der Waals surface area contributed by atoms with Crippen LogP contribution in [0.4, 0.5) is 0 Å². The van der Waals surface area contributed by atoms with Crippen molar-refractivity contribution < 1.29 is 14.3 Å². The quantitative estimate of drug-likeness (QED) is 0.805. The van der Waals surface area contributed by atoms with Gasteiger partial charge in [-0.3, -0.25) is 4.90 Å². The van der Waals surface area contributed by atoms with E-state index in [4.69, 9.17) is 15.2 Å². The van der Waals surface area contributed by atoms with E-state index in [0.717, 1.165) is 38.4 Å². The molecule has 1 saturated heterocycles. The van der Waals surface area contributed by atoms with E-state index in [-0.39, 0.29) is 0 Å². The normalized spacial score (nSPS) is 19.3. The number of rotatable bonds is 5. The van der Waals surface area contributed by atoms with Gasteiger partial charge in [0.2, 0.25) is 0 Å². The molecule has 0 aliphatic carbocycles. The molecule has 0 spiro atoms. The zero-order valence-electron chi connectivity index (χ0n) is 11.9. The maximum absolute atomic E-state index is 12.1. The van der Waals surface area contributed by atoms with E-state index >= 15 is 0 Å². The zero-order chi connectivity index (χ0) is 14.4. The average Bonchev–Trinajstić information content (AvgIpc) is 2.53. The highest BCUT2D eigenvalue weighted by molar-refractivity contribution is 5.82. The summed E-state index contributed by atoms with van der Waals surface area (Å²) in [6.07, 6.45) is 0.531. The number of nitrogens with zero attached hydrogens (tertiary/aromatic N) is 1. The van der Waals surface area contributed by atoms with Gasteiger partial charge in [-0.05, 0) is 12.0 Å². The summed E-state index contributed by atoms with van der Waals surface area (Å²) >= 11 is 0. The molecule has 0 saturated carbocycles. The van der Waals surface area contributed by atoms with Crippen LogP contribution in [0.5, 0.6) is 0 Å². The number of methoxy groups -OCH3 is 1. The first kappa shape index (κ1) is 15.0. The van der Waals surface area contributed by atoms with Crippen LogP contribution >= 0.6 is 0 Å². The van der Waals surface area contributed by atoms with Gasteiger partial charge in [-0.15, -0.1) is 0 Å². The van der Waals surface area contributed by atoms with Gasteiger partial charge in [0.25, 0.3) is 0 Å². The molecular weight excluding hydrogens is 256 g/mol. The lowest BCUT2D eigenvalue weighted by molar-refractivity contribution is -0.148. The van der Waals surface area contributed by atoms with Crippen LogP contribution in [0.25, 0.3) is 0 Å². The Morgan fingerprint density at radius 2 is 2.00 bits per heavy atom. The monoisotopic (exact) mass is 278 g/mol. The SMILES string of the molecule is COC(=O)C(N)(CCN1CCOCC1)c1ccccc1. The second-order valence-corrected chi connectivity index (χ2v) is 5.03. The molecule has 5 heteroatoms. The van der Waals surface area contributed by atoms with Crippen molar-refractivity contribution in [2.24, 2.45) is 5.73 Å². The number of ether oxygens (including phenoxy) is 2. The van der Waals surface area contributed by atoms with Gasteiger partial charge in [0.15, 0.2) is 0 Å². The van der Waals surface area contributed by atoms with E-state index in [1.54, 1.807) is 0 Å². The van der Waals surface area contributed by atoms with Crippen LogP contribution in [0.2, 0.25) is 0 Å². The molecule has 0 aromatic heterocycles. The second kappa shape index (κ2) is 6.83. The van der Waals surface area contributed by atoms with Crippen LogP contribution in [0, 0.1) is 0 Å². The molecule has 5 nitrogen and oxygen atoms in total. The van der Waals surface area contributed by atoms with Crippen molar-refractivity contribution in [2.75, 3.05) is 40.0 Å². The van der Waals surface area contributed by atoms with Gasteiger partial charge in [-0.1, -0.05) is 30.3 Å². The largest absolute Gasteiger partial charge is 0.467 e. The number of carbonyl (C=O) groups excluding carboxylic acids is 1. The zero-order valence-corrected chi connectivity index (χ0v) is 11.9. The molecule has 2 rings (SSSR count). The molecule has 1 aromatic carbocycles. The fraction of sp³-hybridized carbons (Fsp3) is 0.533. The van der Waals surface area contributed by atoms with Gasteiger partial charge in [-0.2, -0.15) is 0 Å². The summed E-state index contributed by atoms with van der Waals surface area (Å²) < 4.78 is 10.2. The highest BCUT2D eigenvalue weighted by atomic mass is 16.5. The van der Waals surface area contributed by atoms with Crippen molar-refractivity contribution in [1.82, 2.24) is 4.90 Å². The number of hydrogen-bond acceptors (Lipinski definition) is 5. The van der Waals surface area contributed by atoms with E-state index in [2.05, 4.69) is 4.90 Å². The van der Waals surface area contributed by atoms with E-state index < -0.39 is 11.5 Å². The van der Waals surface area contributed by atoms with Gasteiger partial charge in [0.1, 0.15) is 5.54 Å². The summed E-state index contributed by atoms with van der Waals surface area (Å²) in [7, 11) is 1.38. The molecule has 20 heavy (non-hydrogen) atoms. The van der Waals surface area contributed by atoms with Crippen LogP contribution in [0.3, 0.4) is 0 Å². The van der Waals surface area contributed by atoms with Gasteiger partial charge in [0.05, 0.1) is 20.3 Å². The molecule has 1 heterocycles. The maximum atomic E-state index is 12.1. The number of benzene rings is 1. The van der Waals surface area contributed by atoms with Crippen LogP contribution in [-0.2, 0) is 19.8 Å². The maximum Gasteiger partial charge on any atom is 0.330 e. The first-order chi connectivity index (χ1) is 9.66. The number of hydrogen-bond donors (Lipinski definition) is 1. The Balaban J connectivity index is 2.09. The molecule has 1 aliphatic rings. The Bertz CT molecular complexity index is 432. The smallest absolute Gasteiger partial charge is 0.330 e. The molecule has 1 aliphatic heterocycles. The summed E-state index contributed by atoms with van der Waals surface area (Å²) in [5.41, 5.74) is 6.06. The van der Waals surface area contributed by atoms with Crippen molar-refractivity contribution in [3.8, 4) is 0 Å². The van der Waals surface area contributed by atoms with Crippen LogP contribution in [0.15, 0.2) is 30.3 Å². The third kappa shape index (κ3) is 3.36. The summed E-state index contributed by atoms with van der Waals surface area (Å²) in [5, 5.41) is 0. The molecule has 2 N–H and O–H groups in total. The third-order valence-electron chi connectivity index (χ3n) is 3.76. The predicted molar refractivity (Wildman–Crippen MR) is 76.2 cm³/mol. The predicted octanol–water partition coefficient (Wildman–Crippen LogP) is 0.736. The average molecular weight is 278 g/mol. The van der Waals surface area contributed by atoms with Crippen LogP contribution in [0.1, 0.15) is 12.0 Å². The van der Waals surface area contributed by atoms with Crippen molar-refractivity contribution in [1.29, 1.82) is 0 Å². The van der Waals surface area contributed by atoms with Gasteiger partial charge >= 0.3 is 5.97 Å². The standard InChI is InChI=1S/C15H22N2O3/c1-19-14(18)15(16,13-5-3-2-4-6-13)7-8-17-9-11-20-12-10-17/h2-6H,7-12,16H2,1H3. The summed E-state index contributed by atoms with van der Waals surface area (Å²) in [6, 6.07) is 9.42. The molecule has 0 amide bonds. The van der Waals surface area contributed by atoms with Crippen molar-refractivity contribution in [2.45, 2.75) is 12.0 Å². The molecule has 1 unspecified atom stereocenters. The van der Waals surface area contributed by atoms with Gasteiger partial charge < -0.3 is 15.2 Å². The van der Waals surface area contributed by atoms with E-state index in [9.17, 15) is 4.79 Å². The van der Waals surface area contributed by atoms with Crippen molar-refractivity contribution in [3.63, 3.8) is 0 Å². The lowest BCUT2D eigenvalue weighted by atomic mass is 9.87. The first-order valence-electron chi connectivity index (χ1n) is 6.90. The van der Waals surface area contributed by atoms with Crippen molar-refractivity contribution in [3.05, 3.63) is 35.9 Å². The third-order valence-corrected chi connectivity index (χ3v) is 3.76. The second-order valence-electron chi connectivity index (χ2n) is 5.03. The molecule has 110 valence electrons. The fourth-order valence-corrected chi connectivity index (χ4v) is 2.44. The fourth-order valence-electron chi connectivity index (χ4n) is 2.44. The summed E-state index contributed by atoms with van der Waals surface area (Å²) in [6.45, 7) is 3.99. The highest BCUT2D eigenvalue weighted by Gasteiger charge is 2.37.